The lowest BCUT2D eigenvalue weighted by atomic mass is 9.76. The highest BCUT2D eigenvalue weighted by Gasteiger charge is 2.26. The van der Waals surface area contributed by atoms with Crippen molar-refractivity contribution in [3.8, 4) is 0 Å². The van der Waals surface area contributed by atoms with Gasteiger partial charge < -0.3 is 10.2 Å². The summed E-state index contributed by atoms with van der Waals surface area (Å²) in [4.78, 5) is 81.8. The van der Waals surface area contributed by atoms with Crippen LogP contribution in [0.25, 0.3) is 0 Å². The number of aliphatic imine (C=N–C) groups is 6. The van der Waals surface area contributed by atoms with Crippen molar-refractivity contribution in [3.63, 3.8) is 0 Å². The maximum absolute atomic E-state index is 10.2. The Labute approximate surface area is 297 Å². The number of hydrogen-bond acceptors (Lipinski definition) is 14. The maximum Gasteiger partial charge on any atom is 0.240 e. The number of aliphatic hydroxyl groups excluding tert-OH is 2. The number of aryl methyl sites for hydroxylation is 1. The molecule has 270 valence electrons. The molecule has 51 heavy (non-hydrogen) atoms. The number of hydrogen-bond donors (Lipinski definition) is 2. The van der Waals surface area contributed by atoms with E-state index in [0.717, 1.165) is 55.9 Å². The Bertz CT molecular complexity index is 1550. The molecule has 0 saturated heterocycles. The van der Waals surface area contributed by atoms with E-state index in [0.29, 0.717) is 28.3 Å². The summed E-state index contributed by atoms with van der Waals surface area (Å²) in [6.45, 7) is 3.90. The quantitative estimate of drug-likeness (QED) is 0.144. The summed E-state index contributed by atoms with van der Waals surface area (Å²) in [5, 5.41) is 16.2. The highest BCUT2D eigenvalue weighted by molar-refractivity contribution is 5.65. The molecule has 2 aliphatic carbocycles. The fourth-order valence-electron chi connectivity index (χ4n) is 5.71. The van der Waals surface area contributed by atoms with Crippen molar-refractivity contribution in [1.29, 1.82) is 0 Å². The molecule has 0 spiro atoms. The first-order chi connectivity index (χ1) is 24.8. The van der Waals surface area contributed by atoms with E-state index in [9.17, 15) is 28.8 Å². The average molecular weight is 701 g/mol. The highest BCUT2D eigenvalue weighted by atomic mass is 16.3. The molecule has 0 aromatic heterocycles. The van der Waals surface area contributed by atoms with Gasteiger partial charge in [-0.15, -0.1) is 0 Å². The number of unbranched alkanes of at least 4 members (excludes halogenated alkanes) is 1. The molecule has 4 rings (SSSR count). The van der Waals surface area contributed by atoms with E-state index in [1.54, 1.807) is 56.3 Å². The van der Waals surface area contributed by atoms with Crippen molar-refractivity contribution in [3.05, 3.63) is 47.5 Å². The summed E-state index contributed by atoms with van der Waals surface area (Å²) in [6.07, 6.45) is 20.8. The molecule has 2 N–H and O–H groups in total. The molecular formula is C37H44N6O8. The Kier molecular flexibility index (Phi) is 23.5. The van der Waals surface area contributed by atoms with Gasteiger partial charge in [0, 0.05) is 18.8 Å². The molecular weight excluding hydrogens is 656 g/mol. The first-order valence-electron chi connectivity index (χ1n) is 16.7. The van der Waals surface area contributed by atoms with Gasteiger partial charge in [0.05, 0.1) is 34.8 Å². The second kappa shape index (κ2) is 27.5. The van der Waals surface area contributed by atoms with Crippen LogP contribution in [0, 0.1) is 25.7 Å². The van der Waals surface area contributed by atoms with E-state index in [1.165, 1.54) is 62.5 Å². The smallest absolute Gasteiger partial charge is 0.240 e. The minimum atomic E-state index is 0.195. The van der Waals surface area contributed by atoms with Gasteiger partial charge in [0.25, 0.3) is 0 Å². The molecule has 2 aromatic rings. The highest BCUT2D eigenvalue weighted by Crippen LogP contribution is 2.36. The molecule has 0 heterocycles. The molecule has 0 radical (unpaired) electrons. The van der Waals surface area contributed by atoms with Crippen molar-refractivity contribution >= 4 is 59.2 Å². The first-order valence-corrected chi connectivity index (χ1v) is 16.7. The summed E-state index contributed by atoms with van der Waals surface area (Å²) < 4.78 is 0. The Morgan fingerprint density at radius 3 is 1.39 bits per heavy atom. The van der Waals surface area contributed by atoms with Gasteiger partial charge in [-0.3, -0.25) is 0 Å². The third-order valence-electron chi connectivity index (χ3n) is 8.48. The molecule has 2 fully saturated rings. The fourth-order valence-corrected chi connectivity index (χ4v) is 5.71. The summed E-state index contributed by atoms with van der Waals surface area (Å²) in [6, 6.07) is 10.3. The fraction of sp³-hybridized carbons (Fsp3) is 0.514. The summed E-state index contributed by atoms with van der Waals surface area (Å²) in [7, 11) is 0. The largest absolute Gasteiger partial charge is 0.396 e. The molecule has 2 saturated carbocycles. The van der Waals surface area contributed by atoms with E-state index in [4.69, 9.17) is 10.2 Å². The number of isocyanates is 6. The van der Waals surface area contributed by atoms with E-state index >= 15 is 0 Å². The SMILES string of the molecule is Cc1c(N=C=O)cccc1N=C=O.Cc1ccc(N=C=O)cc1N=C=O.O=C=NC1CCC(CC2CCC(N=C=O)CC2)CC1.OCCCCO. The topological polar surface area (TPSA) is 217 Å². The van der Waals surface area contributed by atoms with Crippen LogP contribution in [0.15, 0.2) is 66.4 Å². The average Bonchev–Trinajstić information content (AvgIpc) is 3.14. The van der Waals surface area contributed by atoms with Crippen LogP contribution >= 0.6 is 0 Å². The number of carbonyl (C=O) groups excluding carboxylic acids is 6. The zero-order valence-electron chi connectivity index (χ0n) is 29.0. The van der Waals surface area contributed by atoms with Gasteiger partial charge in [0.1, 0.15) is 0 Å². The Balaban J connectivity index is 0.000000362. The first kappa shape index (κ1) is 43.7. The monoisotopic (exact) mass is 700 g/mol. The maximum atomic E-state index is 10.2. The van der Waals surface area contributed by atoms with Crippen LogP contribution in [0.3, 0.4) is 0 Å². The summed E-state index contributed by atoms with van der Waals surface area (Å²) in [5.74, 6) is 1.60. The number of rotatable bonds is 11. The van der Waals surface area contributed by atoms with E-state index in [-0.39, 0.29) is 25.3 Å². The van der Waals surface area contributed by atoms with Gasteiger partial charge >= 0.3 is 0 Å². The lowest BCUT2D eigenvalue weighted by Crippen LogP contribution is -2.23. The van der Waals surface area contributed by atoms with Crippen LogP contribution < -0.4 is 0 Å². The molecule has 14 nitrogen and oxygen atoms in total. The Hall–Kier alpha value is -5.36. The molecule has 0 atom stereocenters. The summed E-state index contributed by atoms with van der Waals surface area (Å²) in [5.41, 5.74) is 3.31. The van der Waals surface area contributed by atoms with Crippen molar-refractivity contribution in [2.45, 2.75) is 96.6 Å². The molecule has 2 aromatic carbocycles. The van der Waals surface area contributed by atoms with Crippen molar-refractivity contribution in [2.75, 3.05) is 13.2 Å². The standard InChI is InChI=1S/C15H22N2O2.2C9H6N2O2.C4H10O2/c18-10-16-14-5-1-12(2-6-14)9-13-3-7-15(8-4-13)17-11-19;1-7-2-3-8(10-5-12)4-9(7)11-6-13;1-7-8(10-5-12)3-2-4-9(7)11-6-13;5-3-1-2-4-6/h12-15H,1-9H2;2*2-4H,1H3;5-6H,1-4H2. The molecule has 0 aliphatic heterocycles. The molecule has 14 heteroatoms. The summed E-state index contributed by atoms with van der Waals surface area (Å²) >= 11 is 0. The molecule has 0 amide bonds. The van der Waals surface area contributed by atoms with Crippen molar-refractivity contribution in [2.24, 2.45) is 41.8 Å². The van der Waals surface area contributed by atoms with Gasteiger partial charge in [0.2, 0.25) is 36.5 Å². The number of benzene rings is 2. The second-order valence-corrected chi connectivity index (χ2v) is 11.9. The Morgan fingerprint density at radius 1 is 0.569 bits per heavy atom. The number of nitrogens with zero attached hydrogens (tertiary/aromatic N) is 6. The van der Waals surface area contributed by atoms with E-state index in [2.05, 4.69) is 30.0 Å². The zero-order chi connectivity index (χ0) is 37.7. The van der Waals surface area contributed by atoms with Gasteiger partial charge in [-0.1, -0.05) is 12.1 Å². The van der Waals surface area contributed by atoms with Crippen LogP contribution in [0.1, 0.15) is 81.8 Å². The van der Waals surface area contributed by atoms with Crippen LogP contribution in [0.5, 0.6) is 0 Å². The van der Waals surface area contributed by atoms with Gasteiger partial charge in [-0.25, -0.2) is 38.8 Å². The zero-order valence-corrected chi connectivity index (χ0v) is 29.0. The Morgan fingerprint density at radius 2 is 1.00 bits per heavy atom. The predicted octanol–water partition coefficient (Wildman–Crippen LogP) is 6.78. The molecule has 0 unspecified atom stereocenters. The van der Waals surface area contributed by atoms with Crippen LogP contribution in [-0.4, -0.2) is 72.0 Å². The third kappa shape index (κ3) is 18.3. The van der Waals surface area contributed by atoms with Gasteiger partial charge in [-0.2, -0.15) is 20.0 Å². The lowest BCUT2D eigenvalue weighted by Gasteiger charge is -2.31. The third-order valence-corrected chi connectivity index (χ3v) is 8.48. The van der Waals surface area contributed by atoms with Crippen LogP contribution in [0.4, 0.5) is 22.7 Å². The normalized spacial score (nSPS) is 18.4. The van der Waals surface area contributed by atoms with Crippen LogP contribution in [-0.2, 0) is 28.8 Å². The van der Waals surface area contributed by atoms with Gasteiger partial charge in [0.15, 0.2) is 0 Å². The minimum absolute atomic E-state index is 0.195. The molecule has 2 aliphatic rings. The lowest BCUT2D eigenvalue weighted by molar-refractivity contribution is 0.226. The van der Waals surface area contributed by atoms with E-state index in [1.807, 2.05) is 0 Å². The number of aliphatic hydroxyl groups is 2. The van der Waals surface area contributed by atoms with E-state index < -0.39 is 0 Å². The van der Waals surface area contributed by atoms with Crippen molar-refractivity contribution in [1.82, 2.24) is 0 Å². The minimum Gasteiger partial charge on any atom is -0.396 e. The predicted molar refractivity (Wildman–Crippen MR) is 189 cm³/mol. The van der Waals surface area contributed by atoms with Crippen molar-refractivity contribution < 1.29 is 39.0 Å². The van der Waals surface area contributed by atoms with Gasteiger partial charge in [-0.05, 0) is 126 Å². The van der Waals surface area contributed by atoms with Crippen LogP contribution in [0.2, 0.25) is 0 Å². The molecule has 0 bridgehead atoms. The second-order valence-electron chi connectivity index (χ2n) is 11.9.